The van der Waals surface area contributed by atoms with Crippen LogP contribution in [0.25, 0.3) is 0 Å². The minimum atomic E-state index is -0.314. The van der Waals surface area contributed by atoms with E-state index < -0.39 is 0 Å². The Morgan fingerprint density at radius 2 is 2.35 bits per heavy atom. The number of rotatable bonds is 7. The van der Waals surface area contributed by atoms with Gasteiger partial charge in [-0.25, -0.2) is 4.39 Å². The van der Waals surface area contributed by atoms with Crippen molar-refractivity contribution in [2.75, 3.05) is 19.8 Å². The van der Waals surface area contributed by atoms with E-state index in [0.29, 0.717) is 13.2 Å². The van der Waals surface area contributed by atoms with E-state index in [9.17, 15) is 4.39 Å². The van der Waals surface area contributed by atoms with Gasteiger partial charge in [-0.2, -0.15) is 0 Å². The molecule has 1 heterocycles. The maximum atomic E-state index is 12.7. The normalized spacial score (nSPS) is 12.4. The third kappa shape index (κ3) is 5.56. The Hall–Kier alpha value is -1.26. The topological polar surface area (TPSA) is 34.1 Å². The lowest BCUT2D eigenvalue weighted by Crippen LogP contribution is -2.24. The Balaban J connectivity index is 2.23. The standard InChI is InChI=1S/C13H19FN2O/c1-10(2)9-17-7-6-15-11(3)13-5-4-12(14)8-16-13/h4-5,8,11,15H,1,6-7,9H2,2-3H3. The molecule has 0 radical (unpaired) electrons. The van der Waals surface area contributed by atoms with Gasteiger partial charge in [-0.1, -0.05) is 12.2 Å². The van der Waals surface area contributed by atoms with Crippen molar-refractivity contribution in [3.05, 3.63) is 42.0 Å². The maximum Gasteiger partial charge on any atom is 0.141 e. The van der Waals surface area contributed by atoms with Crippen LogP contribution < -0.4 is 5.32 Å². The van der Waals surface area contributed by atoms with Gasteiger partial charge in [0.2, 0.25) is 0 Å². The molecular weight excluding hydrogens is 219 g/mol. The Kier molecular flexibility index (Phi) is 5.80. The van der Waals surface area contributed by atoms with Crippen LogP contribution in [-0.4, -0.2) is 24.7 Å². The van der Waals surface area contributed by atoms with Gasteiger partial charge in [0.25, 0.3) is 0 Å². The second-order valence-corrected chi connectivity index (χ2v) is 4.09. The highest BCUT2D eigenvalue weighted by atomic mass is 19.1. The van der Waals surface area contributed by atoms with Crippen LogP contribution in [0, 0.1) is 5.82 Å². The third-order valence-electron chi connectivity index (χ3n) is 2.24. The van der Waals surface area contributed by atoms with E-state index in [1.807, 2.05) is 13.8 Å². The van der Waals surface area contributed by atoms with Gasteiger partial charge in [-0.05, 0) is 26.0 Å². The van der Waals surface area contributed by atoms with Crippen LogP contribution in [0.1, 0.15) is 25.6 Å². The number of halogens is 1. The number of pyridine rings is 1. The molecule has 0 amide bonds. The molecule has 0 fully saturated rings. The fraction of sp³-hybridized carbons (Fsp3) is 0.462. The smallest absolute Gasteiger partial charge is 0.141 e. The maximum absolute atomic E-state index is 12.7. The Morgan fingerprint density at radius 1 is 1.59 bits per heavy atom. The Labute approximate surface area is 102 Å². The Bertz CT molecular complexity index is 351. The molecule has 1 unspecified atom stereocenters. The molecule has 3 nitrogen and oxygen atoms in total. The minimum Gasteiger partial charge on any atom is -0.376 e. The summed E-state index contributed by atoms with van der Waals surface area (Å²) in [5.74, 6) is -0.314. The summed E-state index contributed by atoms with van der Waals surface area (Å²) in [4.78, 5) is 4.01. The molecule has 0 spiro atoms. The van der Waals surface area contributed by atoms with Crippen molar-refractivity contribution in [2.24, 2.45) is 0 Å². The van der Waals surface area contributed by atoms with E-state index >= 15 is 0 Å². The lowest BCUT2D eigenvalue weighted by Gasteiger charge is -2.13. The van der Waals surface area contributed by atoms with Crippen LogP contribution in [0.15, 0.2) is 30.5 Å². The summed E-state index contributed by atoms with van der Waals surface area (Å²) in [7, 11) is 0. The van der Waals surface area contributed by atoms with Crippen molar-refractivity contribution in [1.82, 2.24) is 10.3 Å². The van der Waals surface area contributed by atoms with E-state index in [1.165, 1.54) is 12.3 Å². The fourth-order valence-corrected chi connectivity index (χ4v) is 1.34. The molecule has 0 saturated carbocycles. The number of aromatic nitrogens is 1. The SMILES string of the molecule is C=C(C)COCCNC(C)c1ccc(F)cn1. The molecule has 1 aromatic rings. The van der Waals surface area contributed by atoms with Crippen molar-refractivity contribution < 1.29 is 9.13 Å². The van der Waals surface area contributed by atoms with Gasteiger partial charge in [0.05, 0.1) is 25.1 Å². The predicted molar refractivity (Wildman–Crippen MR) is 66.2 cm³/mol. The summed E-state index contributed by atoms with van der Waals surface area (Å²) >= 11 is 0. The van der Waals surface area contributed by atoms with Crippen molar-refractivity contribution in [3.8, 4) is 0 Å². The zero-order valence-electron chi connectivity index (χ0n) is 10.4. The van der Waals surface area contributed by atoms with Gasteiger partial charge in [0, 0.05) is 12.6 Å². The molecule has 1 rings (SSSR count). The van der Waals surface area contributed by atoms with Gasteiger partial charge in [0.15, 0.2) is 0 Å². The van der Waals surface area contributed by atoms with Gasteiger partial charge in [-0.3, -0.25) is 4.98 Å². The first-order chi connectivity index (χ1) is 8.09. The predicted octanol–water partition coefficient (Wildman–Crippen LogP) is 2.46. The number of ether oxygens (including phenoxy) is 1. The van der Waals surface area contributed by atoms with Crippen molar-refractivity contribution in [1.29, 1.82) is 0 Å². The number of nitrogens with one attached hydrogen (secondary N) is 1. The first kappa shape index (κ1) is 13.8. The molecule has 0 aromatic carbocycles. The first-order valence-electron chi connectivity index (χ1n) is 5.66. The molecule has 1 aromatic heterocycles. The quantitative estimate of drug-likeness (QED) is 0.585. The molecule has 0 aliphatic rings. The summed E-state index contributed by atoms with van der Waals surface area (Å²) in [5, 5.41) is 3.25. The molecule has 4 heteroatoms. The number of hydrogen-bond acceptors (Lipinski definition) is 3. The van der Waals surface area contributed by atoms with Gasteiger partial charge in [0.1, 0.15) is 5.82 Å². The second-order valence-electron chi connectivity index (χ2n) is 4.09. The monoisotopic (exact) mass is 238 g/mol. The second kappa shape index (κ2) is 7.14. The lowest BCUT2D eigenvalue weighted by atomic mass is 10.2. The zero-order valence-corrected chi connectivity index (χ0v) is 10.4. The summed E-state index contributed by atoms with van der Waals surface area (Å²) in [6, 6.07) is 3.18. The summed E-state index contributed by atoms with van der Waals surface area (Å²) < 4.78 is 18.0. The third-order valence-corrected chi connectivity index (χ3v) is 2.24. The average Bonchev–Trinajstić information content (AvgIpc) is 2.29. The molecule has 1 N–H and O–H groups in total. The average molecular weight is 238 g/mol. The van der Waals surface area contributed by atoms with Crippen LogP contribution in [0.4, 0.5) is 4.39 Å². The molecule has 0 bridgehead atoms. The molecule has 0 aliphatic heterocycles. The highest BCUT2D eigenvalue weighted by molar-refractivity contribution is 5.08. The summed E-state index contributed by atoms with van der Waals surface area (Å²) in [6.07, 6.45) is 1.23. The lowest BCUT2D eigenvalue weighted by molar-refractivity contribution is 0.155. The van der Waals surface area contributed by atoms with Crippen LogP contribution in [0.2, 0.25) is 0 Å². The van der Waals surface area contributed by atoms with Crippen molar-refractivity contribution in [3.63, 3.8) is 0 Å². The van der Waals surface area contributed by atoms with Gasteiger partial charge >= 0.3 is 0 Å². The molecule has 0 aliphatic carbocycles. The van der Waals surface area contributed by atoms with Crippen molar-refractivity contribution >= 4 is 0 Å². The van der Waals surface area contributed by atoms with E-state index in [4.69, 9.17) is 4.74 Å². The molecule has 0 saturated heterocycles. The zero-order chi connectivity index (χ0) is 12.7. The minimum absolute atomic E-state index is 0.0871. The van der Waals surface area contributed by atoms with Gasteiger partial charge < -0.3 is 10.1 Å². The van der Waals surface area contributed by atoms with Crippen LogP contribution >= 0.6 is 0 Å². The summed E-state index contributed by atoms with van der Waals surface area (Å²) in [6.45, 7) is 9.61. The molecule has 17 heavy (non-hydrogen) atoms. The fourth-order valence-electron chi connectivity index (χ4n) is 1.34. The van der Waals surface area contributed by atoms with Crippen molar-refractivity contribution in [2.45, 2.75) is 19.9 Å². The van der Waals surface area contributed by atoms with E-state index in [1.54, 1.807) is 6.07 Å². The van der Waals surface area contributed by atoms with Gasteiger partial charge in [-0.15, -0.1) is 0 Å². The number of nitrogens with zero attached hydrogens (tertiary/aromatic N) is 1. The first-order valence-corrected chi connectivity index (χ1v) is 5.66. The van der Waals surface area contributed by atoms with Crippen LogP contribution in [0.5, 0.6) is 0 Å². The molecular formula is C13H19FN2O. The molecule has 1 atom stereocenters. The highest BCUT2D eigenvalue weighted by Gasteiger charge is 2.05. The van der Waals surface area contributed by atoms with Crippen LogP contribution in [-0.2, 0) is 4.74 Å². The summed E-state index contributed by atoms with van der Waals surface area (Å²) in [5.41, 5.74) is 1.84. The van der Waals surface area contributed by atoms with E-state index in [2.05, 4.69) is 16.9 Å². The largest absolute Gasteiger partial charge is 0.376 e. The van der Waals surface area contributed by atoms with E-state index in [-0.39, 0.29) is 11.9 Å². The van der Waals surface area contributed by atoms with Crippen LogP contribution in [0.3, 0.4) is 0 Å². The Morgan fingerprint density at radius 3 is 2.94 bits per heavy atom. The van der Waals surface area contributed by atoms with E-state index in [0.717, 1.165) is 17.8 Å². The highest BCUT2D eigenvalue weighted by Crippen LogP contribution is 2.08. The molecule has 94 valence electrons. The number of hydrogen-bond donors (Lipinski definition) is 1.